The highest BCUT2D eigenvalue weighted by atomic mass is 32.3. The summed E-state index contributed by atoms with van der Waals surface area (Å²) < 4.78 is 42.5. The number of benzene rings is 1. The molecule has 5 atom stereocenters. The minimum absolute atomic E-state index is 0.0729. The lowest BCUT2D eigenvalue weighted by Gasteiger charge is -2.56. The highest BCUT2D eigenvalue weighted by Gasteiger charge is 2.64. The summed E-state index contributed by atoms with van der Waals surface area (Å²) in [5.41, 5.74) is 0.761. The second kappa shape index (κ2) is 4.92. The van der Waals surface area contributed by atoms with Crippen LogP contribution in [0.25, 0.3) is 0 Å². The Morgan fingerprint density at radius 2 is 2.15 bits per heavy atom. The maximum atomic E-state index is 11.3. The van der Waals surface area contributed by atoms with E-state index in [0.717, 1.165) is 12.6 Å². The predicted octanol–water partition coefficient (Wildman–Crippen LogP) is 0.380. The number of hydrogen-bond acceptors (Lipinski definition) is 7. The molecule has 3 N–H and O–H groups in total. The van der Waals surface area contributed by atoms with Gasteiger partial charge in [-0.05, 0) is 26.4 Å². The zero-order chi connectivity index (χ0) is 18.4. The van der Waals surface area contributed by atoms with E-state index in [1.807, 2.05) is 13.1 Å². The third-order valence-electron chi connectivity index (χ3n) is 6.43. The molecule has 140 valence electrons. The van der Waals surface area contributed by atoms with E-state index in [2.05, 4.69) is 4.90 Å². The lowest BCUT2D eigenvalue weighted by molar-refractivity contribution is -0.0454. The average molecular weight is 381 g/mol. The van der Waals surface area contributed by atoms with Gasteiger partial charge >= 0.3 is 10.4 Å². The molecule has 26 heavy (non-hydrogen) atoms. The zero-order valence-electron chi connectivity index (χ0n) is 14.0. The molecule has 0 saturated carbocycles. The molecule has 0 aromatic heterocycles. The second-order valence-electron chi connectivity index (χ2n) is 7.57. The standard InChI is InChI=1S/C17H19NO7S/c1-18-5-4-17-9-2-3-11(19)16(17)24-15-12(20)7-13(25-26(21,22)23)8(14(15)17)6-10(9)18/h2-3,7,9-11,16,19-20H,4-6H2,1H3,(H,21,22,23)/t9-,10+,11-,16-,17-/m0/s1. The minimum atomic E-state index is -4.74. The molecular weight excluding hydrogens is 362 g/mol. The van der Waals surface area contributed by atoms with Crippen molar-refractivity contribution in [3.8, 4) is 17.2 Å². The Hall–Kier alpha value is -1.81. The maximum absolute atomic E-state index is 11.3. The summed E-state index contributed by atoms with van der Waals surface area (Å²) in [7, 11) is -2.72. The number of ether oxygens (including phenoxy) is 1. The van der Waals surface area contributed by atoms with Crippen LogP contribution in [-0.2, 0) is 22.2 Å². The van der Waals surface area contributed by atoms with Gasteiger partial charge in [-0.2, -0.15) is 8.42 Å². The number of hydrogen-bond donors (Lipinski definition) is 3. The number of aliphatic hydroxyl groups is 1. The van der Waals surface area contributed by atoms with Crippen LogP contribution in [0.4, 0.5) is 0 Å². The third-order valence-corrected chi connectivity index (χ3v) is 6.82. The Labute approximate surface area is 150 Å². The quantitative estimate of drug-likeness (QED) is 0.497. The maximum Gasteiger partial charge on any atom is 0.446 e. The molecular formula is C17H19NO7S. The minimum Gasteiger partial charge on any atom is -0.504 e. The molecule has 1 fully saturated rings. The SMILES string of the molecule is CN1CC[C@]23c4c5c(OS(=O)(=O)O)cc(O)c4O[C@H]2[C@@H](O)C=C[C@H]3[C@H]1C5. The lowest BCUT2D eigenvalue weighted by atomic mass is 9.53. The number of likely N-dealkylation sites (tertiary alicyclic amines) is 1. The van der Waals surface area contributed by atoms with Crippen LogP contribution >= 0.6 is 0 Å². The van der Waals surface area contributed by atoms with Crippen LogP contribution in [-0.4, -0.2) is 59.9 Å². The number of phenolic OH excluding ortho intramolecular Hbond substituents is 1. The summed E-state index contributed by atoms with van der Waals surface area (Å²) in [6.45, 7) is 0.796. The van der Waals surface area contributed by atoms with Crippen LogP contribution in [0.1, 0.15) is 17.5 Å². The molecule has 5 rings (SSSR count). The first-order chi connectivity index (χ1) is 12.2. The molecule has 2 heterocycles. The first-order valence-electron chi connectivity index (χ1n) is 8.52. The van der Waals surface area contributed by atoms with E-state index in [1.54, 1.807) is 6.08 Å². The van der Waals surface area contributed by atoms with Gasteiger partial charge in [0.25, 0.3) is 0 Å². The smallest absolute Gasteiger partial charge is 0.446 e. The first kappa shape index (κ1) is 16.4. The van der Waals surface area contributed by atoms with Crippen LogP contribution in [0, 0.1) is 5.92 Å². The largest absolute Gasteiger partial charge is 0.504 e. The van der Waals surface area contributed by atoms with Gasteiger partial charge in [0.15, 0.2) is 17.2 Å². The molecule has 2 aliphatic carbocycles. The van der Waals surface area contributed by atoms with Crippen LogP contribution in [0.2, 0.25) is 0 Å². The average Bonchev–Trinajstić information content (AvgIpc) is 2.89. The summed E-state index contributed by atoms with van der Waals surface area (Å²) >= 11 is 0. The van der Waals surface area contributed by atoms with E-state index >= 15 is 0 Å². The summed E-state index contributed by atoms with van der Waals surface area (Å²) in [5.74, 6) is 0.0110. The van der Waals surface area contributed by atoms with Crippen molar-refractivity contribution in [1.82, 2.24) is 4.90 Å². The number of nitrogens with zero attached hydrogens (tertiary/aromatic N) is 1. The number of aliphatic hydroxyl groups excluding tert-OH is 1. The van der Waals surface area contributed by atoms with Gasteiger partial charge in [-0.3, -0.25) is 4.55 Å². The van der Waals surface area contributed by atoms with E-state index in [1.165, 1.54) is 0 Å². The van der Waals surface area contributed by atoms with Crippen molar-refractivity contribution in [1.29, 1.82) is 0 Å². The van der Waals surface area contributed by atoms with Crippen molar-refractivity contribution in [2.75, 3.05) is 13.6 Å². The van der Waals surface area contributed by atoms with Gasteiger partial charge in [-0.15, -0.1) is 0 Å². The van der Waals surface area contributed by atoms with E-state index in [0.29, 0.717) is 24.0 Å². The number of rotatable bonds is 2. The molecule has 8 nitrogen and oxygen atoms in total. The number of piperidine rings is 1. The van der Waals surface area contributed by atoms with Gasteiger partial charge < -0.3 is 24.0 Å². The van der Waals surface area contributed by atoms with Gasteiger partial charge in [0.05, 0.1) is 0 Å². The van der Waals surface area contributed by atoms with Crippen LogP contribution in [0.5, 0.6) is 17.2 Å². The van der Waals surface area contributed by atoms with Gasteiger partial charge in [0.2, 0.25) is 0 Å². The van der Waals surface area contributed by atoms with Crippen molar-refractivity contribution in [3.63, 3.8) is 0 Å². The fourth-order valence-corrected chi connectivity index (χ4v) is 5.85. The van der Waals surface area contributed by atoms with Crippen molar-refractivity contribution in [2.45, 2.75) is 36.5 Å². The summed E-state index contributed by atoms with van der Waals surface area (Å²) in [4.78, 5) is 2.21. The van der Waals surface area contributed by atoms with Crippen molar-refractivity contribution >= 4 is 10.4 Å². The van der Waals surface area contributed by atoms with Gasteiger partial charge in [0.1, 0.15) is 12.2 Å². The Morgan fingerprint density at radius 1 is 1.38 bits per heavy atom. The fraction of sp³-hybridized carbons (Fsp3) is 0.529. The van der Waals surface area contributed by atoms with E-state index in [4.69, 9.17) is 13.5 Å². The van der Waals surface area contributed by atoms with Gasteiger partial charge in [0, 0.05) is 34.6 Å². The van der Waals surface area contributed by atoms with Crippen molar-refractivity contribution in [3.05, 3.63) is 29.3 Å². The van der Waals surface area contributed by atoms with Gasteiger partial charge in [-0.25, -0.2) is 0 Å². The van der Waals surface area contributed by atoms with Crippen LogP contribution in [0.3, 0.4) is 0 Å². The van der Waals surface area contributed by atoms with E-state index in [9.17, 15) is 18.6 Å². The van der Waals surface area contributed by atoms with Crippen molar-refractivity contribution < 1.29 is 32.1 Å². The lowest BCUT2D eigenvalue weighted by Crippen LogP contribution is -2.64. The molecule has 0 amide bonds. The normalized spacial score (nSPS) is 37.2. The molecule has 1 aromatic carbocycles. The highest BCUT2D eigenvalue weighted by Crippen LogP contribution is 2.63. The monoisotopic (exact) mass is 381 g/mol. The highest BCUT2D eigenvalue weighted by molar-refractivity contribution is 7.81. The summed E-state index contributed by atoms with van der Waals surface area (Å²) in [6.07, 6.45) is 3.58. The molecule has 9 heteroatoms. The predicted molar refractivity (Wildman–Crippen MR) is 89.8 cm³/mol. The molecule has 0 unspecified atom stereocenters. The Kier molecular flexibility index (Phi) is 3.10. The first-order valence-corrected chi connectivity index (χ1v) is 9.88. The van der Waals surface area contributed by atoms with Gasteiger partial charge in [-0.1, -0.05) is 12.2 Å². The number of aromatic hydroxyl groups is 1. The molecule has 2 bridgehead atoms. The van der Waals surface area contributed by atoms with Crippen LogP contribution < -0.4 is 8.92 Å². The van der Waals surface area contributed by atoms with Crippen LogP contribution in [0.15, 0.2) is 18.2 Å². The summed E-state index contributed by atoms with van der Waals surface area (Å²) in [5, 5.41) is 21.0. The van der Waals surface area contributed by atoms with E-state index in [-0.39, 0.29) is 29.2 Å². The second-order valence-corrected chi connectivity index (χ2v) is 8.59. The Balaban J connectivity index is 1.81. The number of likely N-dealkylation sites (N-methyl/N-ethyl adjacent to an activating group) is 1. The third kappa shape index (κ3) is 1.91. The Morgan fingerprint density at radius 3 is 2.88 bits per heavy atom. The Bertz CT molecular complexity index is 943. The summed E-state index contributed by atoms with van der Waals surface area (Å²) in [6, 6.07) is 1.23. The molecule has 0 radical (unpaired) electrons. The molecule has 1 saturated heterocycles. The molecule has 1 aromatic rings. The molecule has 2 aliphatic heterocycles. The van der Waals surface area contributed by atoms with Crippen molar-refractivity contribution in [2.24, 2.45) is 5.92 Å². The zero-order valence-corrected chi connectivity index (χ0v) is 14.8. The molecule has 4 aliphatic rings. The number of phenols is 1. The topological polar surface area (TPSA) is 117 Å². The fourth-order valence-electron chi connectivity index (χ4n) is 5.48. The van der Waals surface area contributed by atoms with E-state index < -0.39 is 28.0 Å². The molecule has 1 spiro atoms.